The van der Waals surface area contributed by atoms with Crippen LogP contribution in [0.5, 0.6) is 0 Å². The number of aryl methyl sites for hydroxylation is 1. The molecular formula is C28H27N5O4. The number of methoxy groups -OCH3 is 1. The SMILES string of the molecule is COC(=O)c1cc(-c2ccc(NC(=O)CCc3ccc(C#N)nc3)cn2)ccc1N(CC1CC1)C(C)=O. The maximum atomic E-state index is 12.6. The molecule has 1 aliphatic carbocycles. The van der Waals surface area contributed by atoms with Crippen molar-refractivity contribution in [2.24, 2.45) is 5.92 Å². The van der Waals surface area contributed by atoms with Crippen molar-refractivity contribution in [1.82, 2.24) is 9.97 Å². The van der Waals surface area contributed by atoms with Crippen LogP contribution < -0.4 is 10.2 Å². The molecule has 37 heavy (non-hydrogen) atoms. The van der Waals surface area contributed by atoms with E-state index in [-0.39, 0.29) is 18.2 Å². The normalized spacial score (nSPS) is 12.4. The Hall–Kier alpha value is -4.58. The number of esters is 1. The predicted molar refractivity (Wildman–Crippen MR) is 138 cm³/mol. The number of carbonyl (C=O) groups excluding carboxylic acids is 3. The van der Waals surface area contributed by atoms with Gasteiger partial charge in [-0.15, -0.1) is 0 Å². The van der Waals surface area contributed by atoms with E-state index in [1.54, 1.807) is 53.7 Å². The van der Waals surface area contributed by atoms with E-state index in [0.29, 0.717) is 52.8 Å². The largest absolute Gasteiger partial charge is 0.465 e. The Bertz CT molecular complexity index is 1340. The van der Waals surface area contributed by atoms with E-state index in [1.165, 1.54) is 14.0 Å². The molecule has 0 unspecified atom stereocenters. The number of nitrogens with one attached hydrogen (secondary N) is 1. The Morgan fingerprint density at radius 3 is 2.51 bits per heavy atom. The van der Waals surface area contributed by atoms with Crippen molar-refractivity contribution in [1.29, 1.82) is 5.26 Å². The van der Waals surface area contributed by atoms with Gasteiger partial charge in [-0.25, -0.2) is 9.78 Å². The standard InChI is InChI=1S/C28H27N5O4/c1-18(34)33(17-20-3-4-20)26-11-7-21(13-24(26)28(36)37-2)25-10-9-23(16-31-25)32-27(35)12-6-19-5-8-22(14-29)30-15-19/h5,7-11,13,15-16,20H,3-4,6,12,17H2,1-2H3,(H,32,35). The summed E-state index contributed by atoms with van der Waals surface area (Å²) in [4.78, 5) is 47.3. The predicted octanol–water partition coefficient (Wildman–Crippen LogP) is 4.14. The van der Waals surface area contributed by atoms with Gasteiger partial charge in [0.2, 0.25) is 11.8 Å². The quantitative estimate of drug-likeness (QED) is 0.441. The molecule has 0 spiro atoms. The molecule has 9 heteroatoms. The summed E-state index contributed by atoms with van der Waals surface area (Å²) in [7, 11) is 1.31. The molecule has 2 aromatic heterocycles. The maximum Gasteiger partial charge on any atom is 0.340 e. The first-order chi connectivity index (χ1) is 17.9. The Morgan fingerprint density at radius 2 is 1.92 bits per heavy atom. The second-order valence-corrected chi connectivity index (χ2v) is 8.94. The number of ether oxygens (including phenoxy) is 1. The van der Waals surface area contributed by atoms with Gasteiger partial charge in [0.15, 0.2) is 0 Å². The Kier molecular flexibility index (Phi) is 7.89. The Labute approximate surface area is 215 Å². The van der Waals surface area contributed by atoms with Crippen LogP contribution in [-0.4, -0.2) is 41.4 Å². The summed E-state index contributed by atoms with van der Waals surface area (Å²) < 4.78 is 4.98. The van der Waals surface area contributed by atoms with Crippen LogP contribution >= 0.6 is 0 Å². The van der Waals surface area contributed by atoms with Gasteiger partial charge in [0.1, 0.15) is 11.8 Å². The molecule has 0 radical (unpaired) electrons. The van der Waals surface area contributed by atoms with E-state index in [0.717, 1.165) is 18.4 Å². The molecule has 3 aromatic rings. The summed E-state index contributed by atoms with van der Waals surface area (Å²) in [5.74, 6) is -0.366. The summed E-state index contributed by atoms with van der Waals surface area (Å²) in [6, 6.07) is 14.1. The van der Waals surface area contributed by atoms with Gasteiger partial charge in [-0.05, 0) is 61.1 Å². The highest BCUT2D eigenvalue weighted by molar-refractivity contribution is 6.03. The van der Waals surface area contributed by atoms with Gasteiger partial charge in [-0.1, -0.05) is 12.1 Å². The van der Waals surface area contributed by atoms with Gasteiger partial charge in [0, 0.05) is 31.6 Å². The van der Waals surface area contributed by atoms with E-state index in [1.807, 2.05) is 12.1 Å². The molecular weight excluding hydrogens is 470 g/mol. The minimum Gasteiger partial charge on any atom is -0.465 e. The van der Waals surface area contributed by atoms with Crippen LogP contribution in [-0.2, 0) is 20.7 Å². The average Bonchev–Trinajstić information content (AvgIpc) is 3.75. The molecule has 188 valence electrons. The zero-order valence-electron chi connectivity index (χ0n) is 20.7. The first-order valence-corrected chi connectivity index (χ1v) is 12.0. The van der Waals surface area contributed by atoms with Gasteiger partial charge >= 0.3 is 5.97 Å². The van der Waals surface area contributed by atoms with Crippen molar-refractivity contribution in [3.63, 3.8) is 0 Å². The van der Waals surface area contributed by atoms with Crippen LogP contribution in [0.15, 0.2) is 54.9 Å². The van der Waals surface area contributed by atoms with E-state index in [2.05, 4.69) is 15.3 Å². The second-order valence-electron chi connectivity index (χ2n) is 8.94. The number of carbonyl (C=O) groups is 3. The third-order valence-electron chi connectivity index (χ3n) is 6.13. The summed E-state index contributed by atoms with van der Waals surface area (Å²) in [6.07, 6.45) is 6.06. The first-order valence-electron chi connectivity index (χ1n) is 12.0. The van der Waals surface area contributed by atoms with Crippen LogP contribution in [0.25, 0.3) is 11.3 Å². The lowest BCUT2D eigenvalue weighted by Gasteiger charge is -2.23. The van der Waals surface area contributed by atoms with E-state index in [9.17, 15) is 14.4 Å². The second kappa shape index (κ2) is 11.4. The van der Waals surface area contributed by atoms with Crippen molar-refractivity contribution in [2.75, 3.05) is 23.9 Å². The van der Waals surface area contributed by atoms with Crippen LogP contribution in [0, 0.1) is 17.2 Å². The van der Waals surface area contributed by atoms with Crippen molar-refractivity contribution in [3.8, 4) is 17.3 Å². The highest BCUT2D eigenvalue weighted by Crippen LogP contribution is 2.34. The minimum atomic E-state index is -0.528. The summed E-state index contributed by atoms with van der Waals surface area (Å²) in [6.45, 7) is 2.07. The van der Waals surface area contributed by atoms with Crippen molar-refractivity contribution < 1.29 is 19.1 Å². The first kappa shape index (κ1) is 25.5. The molecule has 2 heterocycles. The molecule has 1 saturated carbocycles. The summed E-state index contributed by atoms with van der Waals surface area (Å²) in [5, 5.41) is 11.6. The van der Waals surface area contributed by atoms with Crippen LogP contribution in [0.4, 0.5) is 11.4 Å². The highest BCUT2D eigenvalue weighted by Gasteiger charge is 2.29. The maximum absolute atomic E-state index is 12.6. The van der Waals surface area contributed by atoms with Crippen LogP contribution in [0.1, 0.15) is 47.8 Å². The third-order valence-corrected chi connectivity index (χ3v) is 6.13. The third kappa shape index (κ3) is 6.55. The highest BCUT2D eigenvalue weighted by atomic mass is 16.5. The van der Waals surface area contributed by atoms with Crippen LogP contribution in [0.3, 0.4) is 0 Å². The van der Waals surface area contributed by atoms with Gasteiger partial charge < -0.3 is 15.0 Å². The smallest absolute Gasteiger partial charge is 0.340 e. The number of hydrogen-bond donors (Lipinski definition) is 1. The fraction of sp³-hybridized carbons (Fsp3) is 0.286. The van der Waals surface area contributed by atoms with Gasteiger partial charge in [-0.3, -0.25) is 14.6 Å². The molecule has 1 aliphatic rings. The molecule has 0 saturated heterocycles. The zero-order chi connectivity index (χ0) is 26.4. The molecule has 0 aliphatic heterocycles. The van der Waals surface area contributed by atoms with E-state index in [4.69, 9.17) is 10.00 Å². The number of amides is 2. The van der Waals surface area contributed by atoms with E-state index < -0.39 is 5.97 Å². The summed E-state index contributed by atoms with van der Waals surface area (Å²) >= 11 is 0. The lowest BCUT2D eigenvalue weighted by Crippen LogP contribution is -2.32. The molecule has 4 rings (SSSR count). The lowest BCUT2D eigenvalue weighted by molar-refractivity contribution is -0.117. The number of hydrogen-bond acceptors (Lipinski definition) is 7. The van der Waals surface area contributed by atoms with Gasteiger partial charge in [0.25, 0.3) is 0 Å². The minimum absolute atomic E-state index is 0.126. The molecule has 0 atom stereocenters. The van der Waals surface area contributed by atoms with Gasteiger partial charge in [-0.2, -0.15) is 5.26 Å². The molecule has 1 aromatic carbocycles. The fourth-order valence-electron chi connectivity index (χ4n) is 3.92. The van der Waals surface area contributed by atoms with Crippen LogP contribution in [0.2, 0.25) is 0 Å². The number of rotatable bonds is 9. The Morgan fingerprint density at radius 1 is 1.11 bits per heavy atom. The number of aromatic nitrogens is 2. The lowest BCUT2D eigenvalue weighted by atomic mass is 10.0. The van der Waals surface area contributed by atoms with Gasteiger partial charge in [0.05, 0.1) is 35.9 Å². The molecule has 9 nitrogen and oxygen atoms in total. The molecule has 1 fully saturated rings. The monoisotopic (exact) mass is 497 g/mol. The average molecular weight is 498 g/mol. The molecule has 2 amide bonds. The number of nitrogens with zero attached hydrogens (tertiary/aromatic N) is 4. The number of pyridine rings is 2. The van der Waals surface area contributed by atoms with E-state index >= 15 is 0 Å². The fourth-order valence-corrected chi connectivity index (χ4v) is 3.92. The number of nitriles is 1. The summed E-state index contributed by atoms with van der Waals surface area (Å²) in [5.41, 5.74) is 3.86. The number of anilines is 2. The topological polar surface area (TPSA) is 125 Å². The van der Waals surface area contributed by atoms with Crippen molar-refractivity contribution >= 4 is 29.2 Å². The number of benzene rings is 1. The Balaban J connectivity index is 1.45. The molecule has 1 N–H and O–H groups in total. The molecule has 0 bridgehead atoms. The van der Waals surface area contributed by atoms with Crippen molar-refractivity contribution in [3.05, 3.63) is 71.7 Å². The zero-order valence-corrected chi connectivity index (χ0v) is 20.7. The van der Waals surface area contributed by atoms with Crippen molar-refractivity contribution in [2.45, 2.75) is 32.6 Å².